The van der Waals surface area contributed by atoms with Crippen LogP contribution in [0, 0.1) is 15.9 Å². The molecule has 2 amide bonds. The van der Waals surface area contributed by atoms with Crippen molar-refractivity contribution in [1.29, 1.82) is 0 Å². The van der Waals surface area contributed by atoms with Crippen molar-refractivity contribution in [3.63, 3.8) is 0 Å². The maximum Gasteiger partial charge on any atom is 0.281 e. The molecule has 1 saturated heterocycles. The molecule has 2 heterocycles. The van der Waals surface area contributed by atoms with Crippen molar-refractivity contribution in [2.24, 2.45) is 0 Å². The molecule has 2 aromatic carbocycles. The minimum absolute atomic E-state index is 0.0812. The molecular weight excluding hydrogens is 496 g/mol. The number of nitro groups is 1. The number of carbonyl (C=O) groups is 2. The first-order chi connectivity index (χ1) is 15.7. The molecule has 166 valence electrons. The molecule has 4 rings (SSSR count). The number of halogens is 3. The van der Waals surface area contributed by atoms with E-state index in [4.69, 9.17) is 39.8 Å². The van der Waals surface area contributed by atoms with Crippen molar-refractivity contribution in [3.05, 3.63) is 85.8 Å². The molecule has 0 unspecified atom stereocenters. The molecule has 0 aliphatic carbocycles. The van der Waals surface area contributed by atoms with Gasteiger partial charge in [-0.1, -0.05) is 23.2 Å². The summed E-state index contributed by atoms with van der Waals surface area (Å²) < 4.78 is 19.1. The quantitative estimate of drug-likeness (QED) is 0.173. The van der Waals surface area contributed by atoms with Gasteiger partial charge in [0.25, 0.3) is 17.5 Å². The summed E-state index contributed by atoms with van der Waals surface area (Å²) in [5, 5.41) is 13.5. The van der Waals surface area contributed by atoms with Crippen LogP contribution in [-0.2, 0) is 9.59 Å². The largest absolute Gasteiger partial charge is 0.456 e. The predicted molar refractivity (Wildman–Crippen MR) is 123 cm³/mol. The highest BCUT2D eigenvalue weighted by Gasteiger charge is 2.35. The Morgan fingerprint density at radius 2 is 1.88 bits per heavy atom. The third kappa shape index (κ3) is 4.36. The SMILES string of the molecule is O=C1NC(=S)N(c2ccc(F)c(Cl)c2)C(=O)/C1=C/c1ccc(-c2ccc(Cl)cc2[N+](=O)[O-])o1. The van der Waals surface area contributed by atoms with Gasteiger partial charge in [0, 0.05) is 11.1 Å². The number of amides is 2. The molecule has 3 aromatic rings. The minimum Gasteiger partial charge on any atom is -0.456 e. The van der Waals surface area contributed by atoms with Gasteiger partial charge in [-0.05, 0) is 60.8 Å². The molecule has 0 bridgehead atoms. The first-order valence-electron chi connectivity index (χ1n) is 9.06. The van der Waals surface area contributed by atoms with Crippen molar-refractivity contribution in [2.45, 2.75) is 0 Å². The van der Waals surface area contributed by atoms with Crippen LogP contribution >= 0.6 is 35.4 Å². The number of anilines is 1. The number of thiocarbonyl (C=S) groups is 1. The molecule has 1 fully saturated rings. The van der Waals surface area contributed by atoms with Gasteiger partial charge in [0.15, 0.2) is 5.11 Å². The van der Waals surface area contributed by atoms with Gasteiger partial charge in [0.05, 0.1) is 21.2 Å². The summed E-state index contributed by atoms with van der Waals surface area (Å²) >= 11 is 16.7. The number of hydrogen-bond donors (Lipinski definition) is 1. The van der Waals surface area contributed by atoms with Crippen LogP contribution in [-0.4, -0.2) is 21.9 Å². The van der Waals surface area contributed by atoms with E-state index in [9.17, 15) is 24.1 Å². The molecule has 1 aliphatic heterocycles. The van der Waals surface area contributed by atoms with Crippen molar-refractivity contribution in [2.75, 3.05) is 4.90 Å². The Morgan fingerprint density at radius 3 is 2.58 bits per heavy atom. The molecule has 0 saturated carbocycles. The van der Waals surface area contributed by atoms with E-state index in [1.165, 1.54) is 48.5 Å². The third-order valence-electron chi connectivity index (χ3n) is 4.60. The Hall–Kier alpha value is -3.60. The van der Waals surface area contributed by atoms with Crippen LogP contribution in [0.4, 0.5) is 15.8 Å². The first kappa shape index (κ1) is 22.6. The van der Waals surface area contributed by atoms with Gasteiger partial charge in [-0.15, -0.1) is 0 Å². The summed E-state index contributed by atoms with van der Waals surface area (Å²) in [5.41, 5.74) is -0.278. The lowest BCUT2D eigenvalue weighted by molar-refractivity contribution is -0.384. The topological polar surface area (TPSA) is 106 Å². The van der Waals surface area contributed by atoms with Gasteiger partial charge in [-0.25, -0.2) is 4.39 Å². The minimum atomic E-state index is -0.790. The molecule has 8 nitrogen and oxygen atoms in total. The van der Waals surface area contributed by atoms with Gasteiger partial charge >= 0.3 is 0 Å². The number of nitrogens with one attached hydrogen (secondary N) is 1. The highest BCUT2D eigenvalue weighted by atomic mass is 35.5. The number of rotatable bonds is 4. The van der Waals surface area contributed by atoms with E-state index in [2.05, 4.69) is 5.32 Å². The maximum atomic E-state index is 13.5. The zero-order chi connectivity index (χ0) is 23.9. The second kappa shape index (κ2) is 8.74. The highest BCUT2D eigenvalue weighted by Crippen LogP contribution is 2.34. The van der Waals surface area contributed by atoms with Crippen molar-refractivity contribution in [3.8, 4) is 11.3 Å². The molecular formula is C21H10Cl2FN3O5S. The highest BCUT2D eigenvalue weighted by molar-refractivity contribution is 7.80. The van der Waals surface area contributed by atoms with E-state index >= 15 is 0 Å². The molecule has 1 aromatic heterocycles. The van der Waals surface area contributed by atoms with E-state index in [1.54, 1.807) is 0 Å². The molecule has 0 spiro atoms. The molecule has 1 N–H and O–H groups in total. The van der Waals surface area contributed by atoms with Crippen molar-refractivity contribution >= 4 is 69.8 Å². The first-order valence-corrected chi connectivity index (χ1v) is 10.2. The third-order valence-corrected chi connectivity index (χ3v) is 5.41. The van der Waals surface area contributed by atoms with Crippen molar-refractivity contribution < 1.29 is 23.3 Å². The van der Waals surface area contributed by atoms with Gasteiger partial charge in [0.2, 0.25) is 0 Å². The molecule has 1 aliphatic rings. The predicted octanol–water partition coefficient (Wildman–Crippen LogP) is 5.13. The number of benzene rings is 2. The number of furan rings is 1. The summed E-state index contributed by atoms with van der Waals surface area (Å²) in [7, 11) is 0. The van der Waals surface area contributed by atoms with E-state index in [0.717, 1.165) is 11.0 Å². The Morgan fingerprint density at radius 1 is 1.12 bits per heavy atom. The van der Waals surface area contributed by atoms with Gasteiger partial charge < -0.3 is 4.42 Å². The van der Waals surface area contributed by atoms with Crippen LogP contribution in [0.3, 0.4) is 0 Å². The maximum absolute atomic E-state index is 13.5. The van der Waals surface area contributed by atoms with E-state index in [-0.39, 0.29) is 49.2 Å². The average molecular weight is 506 g/mol. The zero-order valence-corrected chi connectivity index (χ0v) is 18.5. The van der Waals surface area contributed by atoms with Gasteiger partial charge in [-0.2, -0.15) is 0 Å². The fourth-order valence-electron chi connectivity index (χ4n) is 3.10. The molecule has 33 heavy (non-hydrogen) atoms. The average Bonchev–Trinajstić information content (AvgIpc) is 3.22. The standard InChI is InChI=1S/C21H10Cl2FN3O5S/c22-10-1-4-13(17(7-10)27(30)31)18-6-3-12(32-18)9-14-19(28)25-21(33)26(20(14)29)11-2-5-16(24)15(23)8-11/h1-9H,(H,25,28,33)/b14-9+. The molecule has 0 atom stereocenters. The van der Waals surface area contributed by atoms with E-state index < -0.39 is 22.6 Å². The lowest BCUT2D eigenvalue weighted by Crippen LogP contribution is -2.54. The fraction of sp³-hybridized carbons (Fsp3) is 0. The summed E-state index contributed by atoms with van der Waals surface area (Å²) in [5.74, 6) is -2.04. The summed E-state index contributed by atoms with van der Waals surface area (Å²) in [6.45, 7) is 0. The van der Waals surface area contributed by atoms with Crippen molar-refractivity contribution in [1.82, 2.24) is 5.32 Å². The second-order valence-corrected chi connectivity index (χ2v) is 7.91. The number of nitro benzene ring substituents is 1. The van der Waals surface area contributed by atoms with Crippen LogP contribution in [0.2, 0.25) is 10.0 Å². The van der Waals surface area contributed by atoms with E-state index in [0.29, 0.717) is 0 Å². The van der Waals surface area contributed by atoms with Gasteiger partial charge in [-0.3, -0.25) is 29.9 Å². The summed E-state index contributed by atoms with van der Waals surface area (Å²) in [4.78, 5) is 37.2. The number of carbonyl (C=O) groups excluding carboxylic acids is 2. The number of hydrogen-bond acceptors (Lipinski definition) is 6. The molecule has 12 heteroatoms. The lowest BCUT2D eigenvalue weighted by Gasteiger charge is -2.28. The fourth-order valence-corrected chi connectivity index (χ4v) is 3.72. The van der Waals surface area contributed by atoms with Crippen LogP contribution in [0.5, 0.6) is 0 Å². The second-order valence-electron chi connectivity index (χ2n) is 6.68. The zero-order valence-electron chi connectivity index (χ0n) is 16.2. The Labute approximate surface area is 200 Å². The smallest absolute Gasteiger partial charge is 0.281 e. The number of nitrogens with zero attached hydrogens (tertiary/aromatic N) is 2. The van der Waals surface area contributed by atoms with Gasteiger partial charge in [0.1, 0.15) is 22.9 Å². The monoisotopic (exact) mass is 505 g/mol. The summed E-state index contributed by atoms with van der Waals surface area (Å²) in [6, 6.07) is 10.5. The van der Waals surface area contributed by atoms with Crippen LogP contribution in [0.25, 0.3) is 17.4 Å². The molecule has 0 radical (unpaired) electrons. The van der Waals surface area contributed by atoms with Crippen LogP contribution < -0.4 is 10.2 Å². The lowest BCUT2D eigenvalue weighted by atomic mass is 10.1. The van der Waals surface area contributed by atoms with E-state index in [1.807, 2.05) is 0 Å². The summed E-state index contributed by atoms with van der Waals surface area (Å²) in [6.07, 6.45) is 1.17. The van der Waals surface area contributed by atoms with Crippen LogP contribution in [0.15, 0.2) is 58.5 Å². The Bertz CT molecular complexity index is 1390. The van der Waals surface area contributed by atoms with Crippen LogP contribution in [0.1, 0.15) is 5.76 Å². The Balaban J connectivity index is 1.71. The Kier molecular flexibility index (Phi) is 5.98. The normalized spacial score (nSPS) is 15.2.